The van der Waals surface area contributed by atoms with Gasteiger partial charge in [-0.05, 0) is 42.0 Å². The summed E-state index contributed by atoms with van der Waals surface area (Å²) in [7, 11) is 1.65. The Hall–Kier alpha value is -3.62. The van der Waals surface area contributed by atoms with Crippen molar-refractivity contribution in [2.45, 2.75) is 12.5 Å². The Labute approximate surface area is 203 Å². The van der Waals surface area contributed by atoms with Gasteiger partial charge in [0.2, 0.25) is 0 Å². The Morgan fingerprint density at radius 2 is 1.68 bits per heavy atom. The Morgan fingerprint density at radius 3 is 2.32 bits per heavy atom. The number of aliphatic carboxylic acids is 1. The van der Waals surface area contributed by atoms with Gasteiger partial charge in [-0.3, -0.25) is 13.9 Å². The summed E-state index contributed by atoms with van der Waals surface area (Å²) in [6, 6.07) is 14.3. The highest BCUT2D eigenvalue weighted by Gasteiger charge is 2.24. The molecule has 0 saturated heterocycles. The van der Waals surface area contributed by atoms with E-state index in [1.165, 1.54) is 21.3 Å². The van der Waals surface area contributed by atoms with Crippen LogP contribution in [0.4, 0.5) is 4.39 Å². The summed E-state index contributed by atoms with van der Waals surface area (Å²) in [5.41, 5.74) is 1.65. The van der Waals surface area contributed by atoms with Crippen LogP contribution in [0.15, 0.2) is 65.5 Å². The van der Waals surface area contributed by atoms with Crippen LogP contribution >= 0.6 is 23.2 Å². The number of aryl methyl sites for hydroxylation is 1. The summed E-state index contributed by atoms with van der Waals surface area (Å²) in [4.78, 5) is 37.0. The zero-order valence-corrected chi connectivity index (χ0v) is 19.3. The molecule has 174 valence electrons. The monoisotopic (exact) mass is 501 g/mol. The maximum Gasteiger partial charge on any atom is 0.333 e. The fourth-order valence-electron chi connectivity index (χ4n) is 3.75. The molecule has 0 spiro atoms. The number of fused-ring (bicyclic) bond motifs is 1. The first-order valence-electron chi connectivity index (χ1n) is 10.1. The van der Waals surface area contributed by atoms with Crippen molar-refractivity contribution in [1.29, 1.82) is 0 Å². The van der Waals surface area contributed by atoms with Gasteiger partial charge < -0.3 is 10.4 Å². The number of carboxylic acid groups (broad SMARTS) is 1. The molecule has 1 atom stereocenters. The van der Waals surface area contributed by atoms with Crippen LogP contribution in [0, 0.1) is 5.82 Å². The molecule has 1 amide bonds. The Morgan fingerprint density at radius 1 is 1.03 bits per heavy atom. The lowest BCUT2D eigenvalue weighted by Crippen LogP contribution is -2.42. The van der Waals surface area contributed by atoms with E-state index in [1.54, 1.807) is 49.5 Å². The number of halogens is 3. The molecule has 1 heterocycles. The lowest BCUT2D eigenvalue weighted by molar-refractivity contribution is -0.139. The van der Waals surface area contributed by atoms with Crippen LogP contribution in [-0.2, 0) is 18.3 Å². The predicted octanol–water partition coefficient (Wildman–Crippen LogP) is 4.20. The summed E-state index contributed by atoms with van der Waals surface area (Å²) in [5.74, 6) is -3.07. The van der Waals surface area contributed by atoms with Crippen molar-refractivity contribution in [3.05, 3.63) is 98.1 Å². The molecule has 0 aliphatic carbocycles. The third-order valence-corrected chi connectivity index (χ3v) is 6.08. The third kappa shape index (κ3) is 4.30. The van der Waals surface area contributed by atoms with E-state index in [0.29, 0.717) is 27.3 Å². The first-order valence-corrected chi connectivity index (χ1v) is 10.9. The highest BCUT2D eigenvalue weighted by molar-refractivity contribution is 6.35. The molecular formula is C24H18Cl2FN3O4. The van der Waals surface area contributed by atoms with Gasteiger partial charge in [-0.2, -0.15) is 0 Å². The number of benzene rings is 3. The number of rotatable bonds is 6. The molecule has 2 N–H and O–H groups in total. The van der Waals surface area contributed by atoms with E-state index in [0.717, 1.165) is 6.07 Å². The van der Waals surface area contributed by atoms with Gasteiger partial charge in [0, 0.05) is 13.5 Å². The molecular weight excluding hydrogens is 484 g/mol. The van der Waals surface area contributed by atoms with Crippen LogP contribution in [0.3, 0.4) is 0 Å². The molecule has 0 radical (unpaired) electrons. The standard InChI is InChI=1S/C24H18Cl2FN3O4/c1-29-19-7-3-5-16(26)21(19)30(24(29)34)14-10-8-13(9-11-14)12-18(23(32)33)28-22(31)20-15(25)4-2-6-17(20)27/h2-11,18H,12H2,1H3,(H,28,31)(H,32,33). The van der Waals surface area contributed by atoms with Crippen LogP contribution in [0.25, 0.3) is 16.7 Å². The van der Waals surface area contributed by atoms with Crippen molar-refractivity contribution in [3.8, 4) is 5.69 Å². The number of imidazole rings is 1. The second kappa shape index (κ2) is 9.32. The Bertz CT molecular complexity index is 1460. The summed E-state index contributed by atoms with van der Waals surface area (Å²) in [5, 5.41) is 12.2. The molecule has 4 rings (SSSR count). The largest absolute Gasteiger partial charge is 0.480 e. The van der Waals surface area contributed by atoms with Gasteiger partial charge in [0.25, 0.3) is 5.91 Å². The fraction of sp³-hybridized carbons (Fsp3) is 0.125. The molecule has 10 heteroatoms. The number of carbonyl (C=O) groups is 2. The highest BCUT2D eigenvalue weighted by atomic mass is 35.5. The van der Waals surface area contributed by atoms with Crippen molar-refractivity contribution < 1.29 is 19.1 Å². The summed E-state index contributed by atoms with van der Waals surface area (Å²) in [6.45, 7) is 0. The Kier molecular flexibility index (Phi) is 6.45. The predicted molar refractivity (Wildman–Crippen MR) is 128 cm³/mol. The third-order valence-electron chi connectivity index (χ3n) is 5.46. The highest BCUT2D eigenvalue weighted by Crippen LogP contribution is 2.25. The topological polar surface area (TPSA) is 93.3 Å². The van der Waals surface area contributed by atoms with E-state index >= 15 is 0 Å². The molecule has 0 saturated carbocycles. The van der Waals surface area contributed by atoms with E-state index in [1.807, 2.05) is 0 Å². The molecule has 0 fully saturated rings. The van der Waals surface area contributed by atoms with Crippen molar-refractivity contribution in [3.63, 3.8) is 0 Å². The van der Waals surface area contributed by atoms with Crippen molar-refractivity contribution in [2.24, 2.45) is 7.05 Å². The SMILES string of the molecule is Cn1c(=O)n(-c2ccc(CC(NC(=O)c3c(F)cccc3Cl)C(=O)O)cc2)c2c(Cl)cccc21. The van der Waals surface area contributed by atoms with Gasteiger partial charge in [-0.15, -0.1) is 0 Å². The number of hydrogen-bond acceptors (Lipinski definition) is 3. The fourth-order valence-corrected chi connectivity index (χ4v) is 4.25. The van der Waals surface area contributed by atoms with Gasteiger partial charge >= 0.3 is 11.7 Å². The lowest BCUT2D eigenvalue weighted by atomic mass is 10.0. The molecule has 0 bridgehead atoms. The number of aromatic nitrogens is 2. The first kappa shape index (κ1) is 23.5. The maximum absolute atomic E-state index is 14.0. The number of hydrogen-bond donors (Lipinski definition) is 2. The first-order chi connectivity index (χ1) is 16.2. The minimum absolute atomic E-state index is 0.0708. The summed E-state index contributed by atoms with van der Waals surface area (Å²) >= 11 is 12.2. The summed E-state index contributed by atoms with van der Waals surface area (Å²) < 4.78 is 17.0. The molecule has 1 unspecified atom stereocenters. The molecule has 0 aliphatic heterocycles. The van der Waals surface area contributed by atoms with Crippen molar-refractivity contribution in [2.75, 3.05) is 0 Å². The van der Waals surface area contributed by atoms with Gasteiger partial charge in [-0.1, -0.05) is 47.5 Å². The zero-order chi connectivity index (χ0) is 24.6. The van der Waals surface area contributed by atoms with Gasteiger partial charge in [0.05, 0.1) is 32.3 Å². The minimum atomic E-state index is -1.33. The van der Waals surface area contributed by atoms with Gasteiger partial charge in [0.15, 0.2) is 0 Å². The van der Waals surface area contributed by atoms with Crippen LogP contribution < -0.4 is 11.0 Å². The zero-order valence-electron chi connectivity index (χ0n) is 17.8. The van der Waals surface area contributed by atoms with Gasteiger partial charge in [0.1, 0.15) is 11.9 Å². The smallest absolute Gasteiger partial charge is 0.333 e. The number of nitrogens with zero attached hydrogens (tertiary/aromatic N) is 2. The molecule has 3 aromatic carbocycles. The number of carboxylic acids is 1. The van der Waals surface area contributed by atoms with E-state index in [4.69, 9.17) is 23.2 Å². The van der Waals surface area contributed by atoms with E-state index in [-0.39, 0.29) is 17.1 Å². The normalized spacial score (nSPS) is 12.0. The van der Waals surface area contributed by atoms with Gasteiger partial charge in [-0.25, -0.2) is 14.0 Å². The Balaban J connectivity index is 1.60. The minimum Gasteiger partial charge on any atom is -0.480 e. The molecule has 7 nitrogen and oxygen atoms in total. The molecule has 0 aliphatic rings. The summed E-state index contributed by atoms with van der Waals surface area (Å²) in [6.07, 6.45) is -0.0708. The van der Waals surface area contributed by atoms with E-state index < -0.39 is 29.3 Å². The number of carbonyl (C=O) groups excluding carboxylic acids is 1. The maximum atomic E-state index is 14.0. The second-order valence-electron chi connectivity index (χ2n) is 7.62. The van der Waals surface area contributed by atoms with Crippen LogP contribution in [0.5, 0.6) is 0 Å². The molecule has 4 aromatic rings. The quantitative estimate of drug-likeness (QED) is 0.414. The van der Waals surface area contributed by atoms with Crippen molar-refractivity contribution in [1.82, 2.24) is 14.5 Å². The average Bonchev–Trinajstić information content (AvgIpc) is 3.05. The molecule has 1 aromatic heterocycles. The second-order valence-corrected chi connectivity index (χ2v) is 8.43. The average molecular weight is 502 g/mol. The van der Waals surface area contributed by atoms with Crippen molar-refractivity contribution >= 4 is 46.1 Å². The van der Waals surface area contributed by atoms with Crippen LogP contribution in [0.1, 0.15) is 15.9 Å². The number of nitrogens with one attached hydrogen (secondary N) is 1. The molecule has 34 heavy (non-hydrogen) atoms. The van der Waals surface area contributed by atoms with E-state index in [9.17, 15) is 23.9 Å². The number of amides is 1. The van der Waals surface area contributed by atoms with Crippen LogP contribution in [0.2, 0.25) is 10.0 Å². The lowest BCUT2D eigenvalue weighted by Gasteiger charge is -2.16. The number of para-hydroxylation sites is 1. The van der Waals surface area contributed by atoms with E-state index in [2.05, 4.69) is 5.32 Å². The van der Waals surface area contributed by atoms with Crippen LogP contribution in [-0.4, -0.2) is 32.2 Å².